The molecule has 0 unspecified atom stereocenters. The molecule has 12 nitrogen and oxygen atoms in total. The molecule has 0 fully saturated rings. The highest BCUT2D eigenvalue weighted by Gasteiger charge is 2.29. The Morgan fingerprint density at radius 3 is 2.36 bits per heavy atom. The van der Waals surface area contributed by atoms with Crippen LogP contribution >= 0.6 is 0 Å². The number of aromatic nitrogens is 6. The van der Waals surface area contributed by atoms with Crippen LogP contribution in [0.2, 0.25) is 0 Å². The molecule has 4 rings (SSSR count). The number of rotatable bonds is 6. The van der Waals surface area contributed by atoms with Crippen LogP contribution in [0.15, 0.2) is 43.0 Å². The van der Waals surface area contributed by atoms with Crippen LogP contribution in [-0.2, 0) is 10.0 Å². The first-order valence-electron chi connectivity index (χ1n) is 11.2. The average molecular weight is 510 g/mol. The molecule has 0 aliphatic heterocycles. The average Bonchev–Trinajstić information content (AvgIpc) is 3.21. The molecule has 188 valence electrons. The summed E-state index contributed by atoms with van der Waals surface area (Å²) in [7, 11) is -3.66. The molecule has 0 saturated heterocycles. The molecular formula is C23H27N9O3S. The first-order valence-corrected chi connectivity index (χ1v) is 12.7. The number of urea groups is 1. The molecule has 36 heavy (non-hydrogen) atoms. The normalized spacial score (nSPS) is 11.9. The molecule has 0 aromatic carbocycles. The fourth-order valence-corrected chi connectivity index (χ4v) is 3.77. The molecule has 0 spiro atoms. The largest absolute Gasteiger partial charge is 0.338 e. The highest BCUT2D eigenvalue weighted by Crippen LogP contribution is 2.29. The van der Waals surface area contributed by atoms with Crippen molar-refractivity contribution in [1.82, 2.24) is 34.9 Å². The summed E-state index contributed by atoms with van der Waals surface area (Å²) in [4.78, 5) is 29.3. The van der Waals surface area contributed by atoms with Crippen LogP contribution in [0.5, 0.6) is 0 Å². The van der Waals surface area contributed by atoms with Gasteiger partial charge in [0.05, 0.1) is 10.4 Å². The van der Waals surface area contributed by atoms with E-state index in [0.717, 1.165) is 5.56 Å². The van der Waals surface area contributed by atoms with Crippen molar-refractivity contribution in [3.05, 3.63) is 48.5 Å². The topological polar surface area (TPSA) is 156 Å². The van der Waals surface area contributed by atoms with Crippen LogP contribution in [0.4, 0.5) is 16.7 Å². The Bertz CT molecular complexity index is 1510. The van der Waals surface area contributed by atoms with E-state index < -0.39 is 20.8 Å². The maximum Gasteiger partial charge on any atom is 0.321 e. The summed E-state index contributed by atoms with van der Waals surface area (Å²) in [5.41, 5.74) is 4.17. The summed E-state index contributed by atoms with van der Waals surface area (Å²) in [5.74, 6) is 0.110. The predicted molar refractivity (Wildman–Crippen MR) is 137 cm³/mol. The zero-order chi connectivity index (χ0) is 26.1. The first-order chi connectivity index (χ1) is 17.0. The van der Waals surface area contributed by atoms with Gasteiger partial charge >= 0.3 is 6.03 Å². The summed E-state index contributed by atoms with van der Waals surface area (Å²) in [6.07, 6.45) is 6.51. The molecule has 13 heteroatoms. The van der Waals surface area contributed by atoms with Crippen LogP contribution < -0.4 is 15.4 Å². The van der Waals surface area contributed by atoms with E-state index in [4.69, 9.17) is 0 Å². The molecule has 0 aliphatic carbocycles. The summed E-state index contributed by atoms with van der Waals surface area (Å²) >= 11 is 0. The molecule has 4 aromatic rings. The zero-order valence-electron chi connectivity index (χ0n) is 20.6. The molecule has 0 radical (unpaired) electrons. The van der Waals surface area contributed by atoms with Gasteiger partial charge in [0.25, 0.3) is 5.95 Å². The van der Waals surface area contributed by atoms with Gasteiger partial charge in [0.1, 0.15) is 0 Å². The second-order valence-corrected chi connectivity index (χ2v) is 11.5. The number of carbonyl (C=O) groups excluding carboxylic acids is 1. The van der Waals surface area contributed by atoms with Crippen molar-refractivity contribution in [2.45, 2.75) is 39.4 Å². The van der Waals surface area contributed by atoms with Crippen LogP contribution in [0.1, 0.15) is 33.3 Å². The smallest absolute Gasteiger partial charge is 0.321 e. The van der Waals surface area contributed by atoms with E-state index in [1.807, 2.05) is 32.0 Å². The Labute approximate surface area is 208 Å². The van der Waals surface area contributed by atoms with Gasteiger partial charge in [-0.3, -0.25) is 15.0 Å². The number of nitrogens with one attached hydrogen (secondary N) is 3. The summed E-state index contributed by atoms with van der Waals surface area (Å²) in [5, 5.41) is 9.65. The van der Waals surface area contributed by atoms with Gasteiger partial charge in [0.2, 0.25) is 16.0 Å². The molecule has 2 amide bonds. The van der Waals surface area contributed by atoms with Gasteiger partial charge in [-0.1, -0.05) is 6.07 Å². The molecule has 0 atom stereocenters. The van der Waals surface area contributed by atoms with Crippen LogP contribution in [0.25, 0.3) is 28.0 Å². The third-order valence-corrected chi connectivity index (χ3v) is 7.26. The molecule has 0 bridgehead atoms. The number of amides is 2. The lowest BCUT2D eigenvalue weighted by atomic mass is 10.1. The van der Waals surface area contributed by atoms with E-state index >= 15 is 0 Å². The quantitative estimate of drug-likeness (QED) is 0.358. The van der Waals surface area contributed by atoms with Crippen molar-refractivity contribution in [3.63, 3.8) is 0 Å². The minimum atomic E-state index is -3.66. The number of sulfonamides is 1. The van der Waals surface area contributed by atoms with Crippen molar-refractivity contribution >= 4 is 33.6 Å². The number of pyridine rings is 2. The minimum absolute atomic E-state index is 0.0237. The highest BCUT2D eigenvalue weighted by molar-refractivity contribution is 7.94. The Kier molecular flexibility index (Phi) is 6.59. The lowest BCUT2D eigenvalue weighted by Crippen LogP contribution is -2.34. The number of fused-ring (bicyclic) bond motifs is 1. The lowest BCUT2D eigenvalue weighted by Gasteiger charge is -2.19. The van der Waals surface area contributed by atoms with Gasteiger partial charge in [-0.25, -0.2) is 27.7 Å². The second kappa shape index (κ2) is 9.49. The Balaban J connectivity index is 1.76. The Morgan fingerprint density at radius 1 is 1.03 bits per heavy atom. The van der Waals surface area contributed by atoms with E-state index in [0.29, 0.717) is 34.6 Å². The van der Waals surface area contributed by atoms with Crippen LogP contribution in [-0.4, -0.2) is 55.3 Å². The maximum absolute atomic E-state index is 12.4. The molecular weight excluding hydrogens is 482 g/mol. The number of nitrogens with zero attached hydrogens (tertiary/aromatic N) is 6. The second-order valence-electron chi connectivity index (χ2n) is 9.06. The van der Waals surface area contributed by atoms with Gasteiger partial charge in [-0.2, -0.15) is 4.98 Å². The Morgan fingerprint density at radius 2 is 1.75 bits per heavy atom. The fourth-order valence-electron chi connectivity index (χ4n) is 3.12. The van der Waals surface area contributed by atoms with Gasteiger partial charge in [0.15, 0.2) is 5.65 Å². The van der Waals surface area contributed by atoms with E-state index in [9.17, 15) is 13.2 Å². The summed E-state index contributed by atoms with van der Waals surface area (Å²) in [6, 6.07) is 5.27. The molecule has 3 N–H and O–H groups in total. The minimum Gasteiger partial charge on any atom is -0.338 e. The molecule has 4 heterocycles. The van der Waals surface area contributed by atoms with E-state index in [2.05, 4.69) is 40.4 Å². The Hall–Kier alpha value is -4.13. The highest BCUT2D eigenvalue weighted by atomic mass is 32.2. The van der Waals surface area contributed by atoms with Crippen molar-refractivity contribution in [2.24, 2.45) is 0 Å². The number of hydrogen-bond donors (Lipinski definition) is 3. The summed E-state index contributed by atoms with van der Waals surface area (Å²) < 4.78 is 27.8. The van der Waals surface area contributed by atoms with Crippen molar-refractivity contribution < 1.29 is 13.2 Å². The van der Waals surface area contributed by atoms with Gasteiger partial charge in [0, 0.05) is 48.0 Å². The number of carbonyl (C=O) groups is 1. The van der Waals surface area contributed by atoms with Gasteiger partial charge in [-0.05, 0) is 52.3 Å². The van der Waals surface area contributed by atoms with Crippen molar-refractivity contribution in [2.75, 3.05) is 16.6 Å². The molecule has 0 aliphatic rings. The third-order valence-electron chi connectivity index (χ3n) is 5.20. The number of aryl methyl sites for hydroxylation is 1. The number of hydrogen-bond acceptors (Lipinski definition) is 8. The fraction of sp³-hybridized carbons (Fsp3) is 0.304. The van der Waals surface area contributed by atoms with E-state index in [1.54, 1.807) is 37.7 Å². The van der Waals surface area contributed by atoms with E-state index in [-0.39, 0.29) is 11.9 Å². The number of anilines is 2. The SMILES string of the molecule is CCNC(=O)Nc1nc2c(-c3ccc(C)cn3)cc(-c3cnc(NS(=O)(=O)C(C)(C)C)nc3)cn2n1. The monoisotopic (exact) mass is 509 g/mol. The third kappa shape index (κ3) is 5.25. The molecule has 4 aromatic heterocycles. The molecule has 0 saturated carbocycles. The van der Waals surface area contributed by atoms with Crippen LogP contribution in [0.3, 0.4) is 0 Å². The van der Waals surface area contributed by atoms with Gasteiger partial charge < -0.3 is 5.32 Å². The lowest BCUT2D eigenvalue weighted by molar-refractivity contribution is 0.252. The van der Waals surface area contributed by atoms with Crippen molar-refractivity contribution in [1.29, 1.82) is 0 Å². The first kappa shape index (κ1) is 25.0. The standard InChI is InChI=1S/C23H27N9O3S/c1-6-24-22(33)29-21-28-19-17(18-8-7-14(2)10-25-18)9-15(13-32(19)30-21)16-11-26-20(27-12-16)31-36(34,35)23(3,4)5/h7-13H,6H2,1-5H3,(H,26,27,31)(H2,24,29,30,33). The van der Waals surface area contributed by atoms with Crippen LogP contribution in [0, 0.1) is 6.92 Å². The predicted octanol–water partition coefficient (Wildman–Crippen LogP) is 3.24. The van der Waals surface area contributed by atoms with Crippen molar-refractivity contribution in [3.8, 4) is 22.4 Å². The summed E-state index contributed by atoms with van der Waals surface area (Å²) in [6.45, 7) is 8.99. The van der Waals surface area contributed by atoms with Gasteiger partial charge in [-0.15, -0.1) is 5.10 Å². The zero-order valence-corrected chi connectivity index (χ0v) is 21.4. The van der Waals surface area contributed by atoms with E-state index in [1.165, 1.54) is 12.4 Å². The maximum atomic E-state index is 12.4.